The van der Waals surface area contributed by atoms with Gasteiger partial charge in [-0.2, -0.15) is 10.5 Å². The molecule has 3 nitrogen and oxygen atoms in total. The predicted octanol–water partition coefficient (Wildman–Crippen LogP) is 2.27. The molecular formula is C10H7F2N3. The molecule has 0 atom stereocenters. The van der Waals surface area contributed by atoms with Gasteiger partial charge in [0.1, 0.15) is 6.07 Å². The number of aromatic nitrogens is 1. The highest BCUT2D eigenvalue weighted by molar-refractivity contribution is 5.43. The van der Waals surface area contributed by atoms with Crippen LogP contribution in [0.4, 0.5) is 8.78 Å². The second-order valence-corrected chi connectivity index (χ2v) is 2.90. The maximum atomic E-state index is 12.7. The number of nitrogens with zero attached hydrogens (tertiary/aromatic N) is 3. The van der Waals surface area contributed by atoms with Crippen LogP contribution in [0.1, 0.15) is 28.8 Å². The highest BCUT2D eigenvalue weighted by atomic mass is 19.3. The van der Waals surface area contributed by atoms with Crippen molar-refractivity contribution in [2.75, 3.05) is 0 Å². The van der Waals surface area contributed by atoms with Crippen LogP contribution in [0, 0.1) is 29.6 Å². The molecule has 0 aliphatic heterocycles. The minimum absolute atomic E-state index is 0.0454. The molecule has 0 saturated carbocycles. The second-order valence-electron chi connectivity index (χ2n) is 2.90. The van der Waals surface area contributed by atoms with Gasteiger partial charge in [-0.3, -0.25) is 4.98 Å². The first-order chi connectivity index (χ1) is 7.11. The average Bonchev–Trinajstić information content (AvgIpc) is 2.18. The fourth-order valence-corrected chi connectivity index (χ4v) is 1.29. The van der Waals surface area contributed by atoms with Gasteiger partial charge in [0, 0.05) is 11.8 Å². The third kappa shape index (κ3) is 2.08. The zero-order valence-corrected chi connectivity index (χ0v) is 7.96. The van der Waals surface area contributed by atoms with E-state index in [-0.39, 0.29) is 28.8 Å². The summed E-state index contributed by atoms with van der Waals surface area (Å²) in [6, 6.07) is 3.55. The van der Waals surface area contributed by atoms with Gasteiger partial charge in [0.05, 0.1) is 23.7 Å². The van der Waals surface area contributed by atoms with Gasteiger partial charge in [-0.05, 0) is 12.5 Å². The molecule has 5 heteroatoms. The number of halogens is 2. The van der Waals surface area contributed by atoms with Crippen molar-refractivity contribution in [1.82, 2.24) is 4.98 Å². The summed E-state index contributed by atoms with van der Waals surface area (Å²) in [6.07, 6.45) is -1.67. The summed E-state index contributed by atoms with van der Waals surface area (Å²) in [4.78, 5) is 3.70. The van der Waals surface area contributed by atoms with Gasteiger partial charge < -0.3 is 0 Å². The number of nitriles is 2. The Morgan fingerprint density at radius 2 is 2.13 bits per heavy atom. The normalized spacial score (nSPS) is 9.73. The van der Waals surface area contributed by atoms with Crippen molar-refractivity contribution in [2.24, 2.45) is 0 Å². The molecule has 0 amide bonds. The van der Waals surface area contributed by atoms with Gasteiger partial charge in [0.15, 0.2) is 0 Å². The lowest BCUT2D eigenvalue weighted by Crippen LogP contribution is -2.03. The van der Waals surface area contributed by atoms with E-state index in [2.05, 4.69) is 4.98 Å². The standard InChI is InChI=1S/C10H7F2N3/c1-6-7(4-14)5-15-8(2-3-13)9(6)10(11)12/h5,10H,2H2,1H3. The van der Waals surface area contributed by atoms with E-state index in [0.717, 1.165) is 0 Å². The summed E-state index contributed by atoms with van der Waals surface area (Å²) in [6.45, 7) is 1.43. The summed E-state index contributed by atoms with van der Waals surface area (Å²) in [5.74, 6) is 0. The van der Waals surface area contributed by atoms with Gasteiger partial charge in [0.2, 0.25) is 0 Å². The van der Waals surface area contributed by atoms with Crippen molar-refractivity contribution in [1.29, 1.82) is 10.5 Å². The molecular weight excluding hydrogens is 200 g/mol. The molecule has 0 bridgehead atoms. The SMILES string of the molecule is Cc1c(C#N)cnc(CC#N)c1C(F)F. The van der Waals surface area contributed by atoms with E-state index < -0.39 is 6.43 Å². The Hall–Kier alpha value is -2.01. The minimum Gasteiger partial charge on any atom is -0.258 e. The quantitative estimate of drug-likeness (QED) is 0.747. The van der Waals surface area contributed by atoms with Crippen molar-refractivity contribution in [2.45, 2.75) is 19.8 Å². The van der Waals surface area contributed by atoms with E-state index in [9.17, 15) is 8.78 Å². The van der Waals surface area contributed by atoms with Crippen molar-refractivity contribution >= 4 is 0 Å². The Morgan fingerprint density at radius 1 is 1.47 bits per heavy atom. The Kier molecular flexibility index (Phi) is 3.30. The minimum atomic E-state index is -2.71. The van der Waals surface area contributed by atoms with E-state index in [4.69, 9.17) is 10.5 Å². The van der Waals surface area contributed by atoms with E-state index in [0.29, 0.717) is 0 Å². The van der Waals surface area contributed by atoms with Crippen LogP contribution in [0.5, 0.6) is 0 Å². The van der Waals surface area contributed by atoms with Crippen LogP contribution >= 0.6 is 0 Å². The molecule has 0 aromatic carbocycles. The van der Waals surface area contributed by atoms with E-state index >= 15 is 0 Å². The smallest absolute Gasteiger partial charge is 0.258 e. The number of hydrogen-bond donors (Lipinski definition) is 0. The van der Waals surface area contributed by atoms with Crippen LogP contribution in [0.15, 0.2) is 6.20 Å². The molecule has 0 N–H and O–H groups in total. The van der Waals surface area contributed by atoms with Crippen molar-refractivity contribution in [3.8, 4) is 12.1 Å². The van der Waals surface area contributed by atoms with E-state index in [1.165, 1.54) is 13.1 Å². The zero-order valence-electron chi connectivity index (χ0n) is 7.96. The van der Waals surface area contributed by atoms with Gasteiger partial charge in [-0.1, -0.05) is 0 Å². The first-order valence-electron chi connectivity index (χ1n) is 4.15. The molecule has 1 heterocycles. The number of hydrogen-bond acceptors (Lipinski definition) is 3. The van der Waals surface area contributed by atoms with Crippen LogP contribution in [-0.2, 0) is 6.42 Å². The largest absolute Gasteiger partial charge is 0.265 e. The molecule has 1 aromatic heterocycles. The van der Waals surface area contributed by atoms with Crippen LogP contribution in [0.3, 0.4) is 0 Å². The lowest BCUT2D eigenvalue weighted by molar-refractivity contribution is 0.149. The highest BCUT2D eigenvalue weighted by Crippen LogP contribution is 2.27. The topological polar surface area (TPSA) is 60.5 Å². The van der Waals surface area contributed by atoms with Gasteiger partial charge >= 0.3 is 0 Å². The van der Waals surface area contributed by atoms with Crippen molar-refractivity contribution in [3.63, 3.8) is 0 Å². The number of rotatable bonds is 2. The summed E-state index contributed by atoms with van der Waals surface area (Å²) >= 11 is 0. The molecule has 76 valence electrons. The molecule has 15 heavy (non-hydrogen) atoms. The van der Waals surface area contributed by atoms with Crippen molar-refractivity contribution in [3.05, 3.63) is 28.6 Å². The molecule has 0 unspecified atom stereocenters. The summed E-state index contributed by atoms with van der Waals surface area (Å²) in [5.41, 5.74) is 0.0688. The maximum Gasteiger partial charge on any atom is 0.265 e. The first kappa shape index (κ1) is 11.1. The molecule has 1 rings (SSSR count). The average molecular weight is 207 g/mol. The Morgan fingerprint density at radius 3 is 2.60 bits per heavy atom. The molecule has 0 aliphatic rings. The lowest BCUT2D eigenvalue weighted by atomic mass is 10.0. The second kappa shape index (κ2) is 4.47. The third-order valence-corrected chi connectivity index (χ3v) is 2.05. The zero-order chi connectivity index (χ0) is 11.4. The monoisotopic (exact) mass is 207 g/mol. The summed E-state index contributed by atoms with van der Waals surface area (Å²) in [7, 11) is 0. The number of pyridine rings is 1. The molecule has 0 radical (unpaired) electrons. The Bertz CT molecular complexity index is 455. The van der Waals surface area contributed by atoms with E-state index in [1.54, 1.807) is 12.1 Å². The third-order valence-electron chi connectivity index (χ3n) is 2.05. The van der Waals surface area contributed by atoms with Crippen molar-refractivity contribution < 1.29 is 8.78 Å². The van der Waals surface area contributed by atoms with E-state index in [1.807, 2.05) is 0 Å². The first-order valence-corrected chi connectivity index (χ1v) is 4.15. The fraction of sp³-hybridized carbons (Fsp3) is 0.300. The highest BCUT2D eigenvalue weighted by Gasteiger charge is 2.19. The fourth-order valence-electron chi connectivity index (χ4n) is 1.29. The molecule has 0 saturated heterocycles. The van der Waals surface area contributed by atoms with Gasteiger partial charge in [0.25, 0.3) is 6.43 Å². The summed E-state index contributed by atoms with van der Waals surface area (Å²) < 4.78 is 25.3. The Labute approximate surface area is 85.6 Å². The summed E-state index contributed by atoms with van der Waals surface area (Å²) in [5, 5.41) is 17.1. The van der Waals surface area contributed by atoms with Gasteiger partial charge in [-0.25, -0.2) is 8.78 Å². The predicted molar refractivity (Wildman–Crippen MR) is 48.0 cm³/mol. The molecule has 0 spiro atoms. The Balaban J connectivity index is 3.40. The van der Waals surface area contributed by atoms with Crippen LogP contribution in [0.2, 0.25) is 0 Å². The lowest BCUT2D eigenvalue weighted by Gasteiger charge is -2.09. The number of alkyl halides is 2. The molecule has 0 aliphatic carbocycles. The van der Waals surface area contributed by atoms with Crippen LogP contribution < -0.4 is 0 Å². The maximum absolute atomic E-state index is 12.7. The van der Waals surface area contributed by atoms with Crippen LogP contribution in [-0.4, -0.2) is 4.98 Å². The van der Waals surface area contributed by atoms with Gasteiger partial charge in [-0.15, -0.1) is 0 Å². The molecule has 0 fully saturated rings. The van der Waals surface area contributed by atoms with Crippen LogP contribution in [0.25, 0.3) is 0 Å². The molecule has 1 aromatic rings.